The van der Waals surface area contributed by atoms with E-state index in [0.29, 0.717) is 0 Å². The van der Waals surface area contributed by atoms with Gasteiger partial charge < -0.3 is 0 Å². The smallest absolute Gasteiger partial charge is 0.292 e. The highest BCUT2D eigenvalue weighted by atomic mass is 19.3. The van der Waals surface area contributed by atoms with Crippen molar-refractivity contribution in [3.8, 4) is 0 Å². The molecule has 0 aromatic carbocycles. The lowest BCUT2D eigenvalue weighted by molar-refractivity contribution is -0.175. The number of hydrogen-bond acceptors (Lipinski definition) is 1. The molecule has 1 nitrogen and oxygen atoms in total. The summed E-state index contributed by atoms with van der Waals surface area (Å²) in [5, 5.41) is 0. The summed E-state index contributed by atoms with van der Waals surface area (Å²) >= 11 is 0. The van der Waals surface area contributed by atoms with E-state index in [2.05, 4.69) is 0 Å². The van der Waals surface area contributed by atoms with E-state index in [9.17, 15) is 22.4 Å². The minimum atomic E-state index is -4.53. The molecule has 0 aliphatic carbocycles. The summed E-state index contributed by atoms with van der Waals surface area (Å²) in [5.41, 5.74) is -1.44. The van der Waals surface area contributed by atoms with Gasteiger partial charge in [-0.1, -0.05) is 20.8 Å². The van der Waals surface area contributed by atoms with Crippen LogP contribution >= 0.6 is 0 Å². The molecule has 0 N–H and O–H groups in total. The highest BCUT2D eigenvalue weighted by Gasteiger charge is 2.52. The first-order valence-electron chi connectivity index (χ1n) is 3.31. The second kappa shape index (κ2) is 3.03. The van der Waals surface area contributed by atoms with Gasteiger partial charge in [0, 0.05) is 5.41 Å². The van der Waals surface area contributed by atoms with Crippen LogP contribution < -0.4 is 0 Å². The lowest BCUT2D eigenvalue weighted by atomic mass is 9.87. The maximum Gasteiger partial charge on any atom is 0.364 e. The summed E-state index contributed by atoms with van der Waals surface area (Å²) in [6, 6.07) is 0. The average molecular weight is 186 g/mol. The Morgan fingerprint density at radius 1 is 1.17 bits per heavy atom. The first-order chi connectivity index (χ1) is 5.10. The van der Waals surface area contributed by atoms with Crippen LogP contribution in [0.5, 0.6) is 0 Å². The van der Waals surface area contributed by atoms with E-state index in [1.165, 1.54) is 20.8 Å². The molecular weight excluding hydrogens is 176 g/mol. The molecule has 0 heterocycles. The van der Waals surface area contributed by atoms with Gasteiger partial charge >= 0.3 is 12.3 Å². The zero-order valence-electron chi connectivity index (χ0n) is 7.00. The topological polar surface area (TPSA) is 17.1 Å². The largest absolute Gasteiger partial charge is 0.364 e. The average Bonchev–Trinajstić information content (AvgIpc) is 1.83. The number of halogens is 4. The number of alkyl halides is 4. The third-order valence-corrected chi connectivity index (χ3v) is 1.26. The van der Waals surface area contributed by atoms with E-state index < -0.39 is 23.5 Å². The number of carbonyl (C=O) groups excluding carboxylic acids is 1. The fraction of sp³-hybridized carbons (Fsp3) is 0.857. The van der Waals surface area contributed by atoms with Gasteiger partial charge in [-0.3, -0.25) is 4.79 Å². The SMILES string of the molecule is CC(C)(C)C(=O)C(F)(F)C(F)F. The van der Waals surface area contributed by atoms with E-state index in [4.69, 9.17) is 0 Å². The molecular formula is C7H10F4O. The third kappa shape index (κ3) is 2.19. The van der Waals surface area contributed by atoms with Gasteiger partial charge in [0.2, 0.25) is 5.78 Å². The molecule has 0 aliphatic rings. The van der Waals surface area contributed by atoms with Gasteiger partial charge in [0.15, 0.2) is 0 Å². The van der Waals surface area contributed by atoms with Crippen LogP contribution in [0.2, 0.25) is 0 Å². The number of rotatable bonds is 2. The molecule has 0 atom stereocenters. The summed E-state index contributed by atoms with van der Waals surface area (Å²) in [6.07, 6.45) is -3.93. The molecule has 0 bridgehead atoms. The van der Waals surface area contributed by atoms with Gasteiger partial charge in [-0.25, -0.2) is 8.78 Å². The number of ketones is 1. The molecule has 0 radical (unpaired) electrons. The Labute approximate surface area is 67.8 Å². The molecule has 0 aromatic heterocycles. The normalized spacial score (nSPS) is 13.7. The molecule has 0 aromatic rings. The van der Waals surface area contributed by atoms with Crippen molar-refractivity contribution >= 4 is 5.78 Å². The predicted molar refractivity (Wildman–Crippen MR) is 35.4 cm³/mol. The fourth-order valence-electron chi connectivity index (χ4n) is 0.599. The van der Waals surface area contributed by atoms with Crippen molar-refractivity contribution < 1.29 is 22.4 Å². The van der Waals surface area contributed by atoms with Gasteiger partial charge in [0.25, 0.3) is 0 Å². The Kier molecular flexibility index (Phi) is 2.88. The second-order valence-corrected chi connectivity index (χ2v) is 3.50. The summed E-state index contributed by atoms with van der Waals surface area (Å²) in [5.74, 6) is -6.26. The quantitative estimate of drug-likeness (QED) is 0.605. The van der Waals surface area contributed by atoms with Crippen LogP contribution in [0.4, 0.5) is 17.6 Å². The van der Waals surface area contributed by atoms with Crippen molar-refractivity contribution in [2.75, 3.05) is 0 Å². The highest BCUT2D eigenvalue weighted by Crippen LogP contribution is 2.32. The monoisotopic (exact) mass is 186 g/mol. The number of Topliss-reactive ketones (excluding diaryl/α,β-unsaturated/α-hetero) is 1. The molecule has 72 valence electrons. The van der Waals surface area contributed by atoms with E-state index in [-0.39, 0.29) is 0 Å². The molecule has 0 aliphatic heterocycles. The Morgan fingerprint density at radius 3 is 1.58 bits per heavy atom. The summed E-state index contributed by atoms with van der Waals surface area (Å²) in [4.78, 5) is 10.7. The van der Waals surface area contributed by atoms with E-state index in [1.807, 2.05) is 0 Å². The molecule has 0 rings (SSSR count). The van der Waals surface area contributed by atoms with Crippen LogP contribution in [0.3, 0.4) is 0 Å². The highest BCUT2D eigenvalue weighted by molar-refractivity contribution is 5.90. The van der Waals surface area contributed by atoms with Crippen LogP contribution in [0.25, 0.3) is 0 Å². The summed E-state index contributed by atoms with van der Waals surface area (Å²) in [7, 11) is 0. The maximum absolute atomic E-state index is 12.3. The Hall–Kier alpha value is -0.610. The first kappa shape index (κ1) is 11.4. The van der Waals surface area contributed by atoms with Gasteiger partial charge in [-0.15, -0.1) is 0 Å². The van der Waals surface area contributed by atoms with Crippen LogP contribution in [-0.2, 0) is 4.79 Å². The van der Waals surface area contributed by atoms with Crippen molar-refractivity contribution in [2.45, 2.75) is 33.1 Å². The van der Waals surface area contributed by atoms with Gasteiger partial charge in [-0.05, 0) is 0 Å². The van der Waals surface area contributed by atoms with Crippen molar-refractivity contribution in [3.63, 3.8) is 0 Å². The first-order valence-corrected chi connectivity index (χ1v) is 3.31. The Morgan fingerprint density at radius 2 is 1.50 bits per heavy atom. The number of hydrogen-bond donors (Lipinski definition) is 0. The van der Waals surface area contributed by atoms with Crippen molar-refractivity contribution in [2.24, 2.45) is 5.41 Å². The van der Waals surface area contributed by atoms with Crippen molar-refractivity contribution in [1.29, 1.82) is 0 Å². The fourth-order valence-corrected chi connectivity index (χ4v) is 0.599. The van der Waals surface area contributed by atoms with E-state index in [0.717, 1.165) is 0 Å². The zero-order chi connectivity index (χ0) is 10.2. The maximum atomic E-state index is 12.3. The molecule has 0 spiro atoms. The van der Waals surface area contributed by atoms with E-state index in [1.54, 1.807) is 0 Å². The molecule has 12 heavy (non-hydrogen) atoms. The molecule has 0 unspecified atom stereocenters. The second-order valence-electron chi connectivity index (χ2n) is 3.50. The van der Waals surface area contributed by atoms with Crippen LogP contribution in [0, 0.1) is 5.41 Å². The Balaban J connectivity index is 4.70. The van der Waals surface area contributed by atoms with Gasteiger partial charge in [0.1, 0.15) is 0 Å². The molecule has 5 heteroatoms. The molecule has 0 amide bonds. The number of carbonyl (C=O) groups is 1. The molecule has 0 saturated heterocycles. The third-order valence-electron chi connectivity index (χ3n) is 1.26. The van der Waals surface area contributed by atoms with Gasteiger partial charge in [-0.2, -0.15) is 8.78 Å². The summed E-state index contributed by atoms with van der Waals surface area (Å²) < 4.78 is 47.9. The van der Waals surface area contributed by atoms with Gasteiger partial charge in [0.05, 0.1) is 0 Å². The predicted octanol–water partition coefficient (Wildman–Crippen LogP) is 2.50. The zero-order valence-corrected chi connectivity index (χ0v) is 7.00. The molecule has 0 saturated carbocycles. The standard InChI is InChI=1S/C7H10F4O/c1-6(2,3)4(12)7(10,11)5(8)9/h5H,1-3H3. The minimum absolute atomic E-state index is 1.17. The van der Waals surface area contributed by atoms with E-state index >= 15 is 0 Å². The van der Waals surface area contributed by atoms with Crippen molar-refractivity contribution in [3.05, 3.63) is 0 Å². The van der Waals surface area contributed by atoms with Crippen LogP contribution in [0.1, 0.15) is 20.8 Å². The lowest BCUT2D eigenvalue weighted by Gasteiger charge is -2.23. The Bertz CT molecular complexity index is 180. The van der Waals surface area contributed by atoms with Crippen LogP contribution in [-0.4, -0.2) is 18.1 Å². The van der Waals surface area contributed by atoms with Crippen LogP contribution in [0.15, 0.2) is 0 Å². The molecule has 0 fully saturated rings. The van der Waals surface area contributed by atoms with Crippen molar-refractivity contribution in [1.82, 2.24) is 0 Å². The summed E-state index contributed by atoms with van der Waals surface area (Å²) in [6.45, 7) is 3.52. The lowest BCUT2D eigenvalue weighted by Crippen LogP contribution is -2.43. The minimum Gasteiger partial charge on any atom is -0.292 e.